The normalized spacial score (nSPS) is 14.8. The first-order valence-electron chi connectivity index (χ1n) is 7.92. The first-order valence-corrected chi connectivity index (χ1v) is 7.92. The first kappa shape index (κ1) is 17.8. The average molecular weight is 334 g/mol. The maximum atomic E-state index is 12.1. The van der Waals surface area contributed by atoms with E-state index in [0.717, 1.165) is 12.8 Å². The molecule has 1 heterocycles. The van der Waals surface area contributed by atoms with Gasteiger partial charge in [0.15, 0.2) is 6.10 Å². The third-order valence-electron chi connectivity index (χ3n) is 3.80. The number of rotatable bonds is 6. The molecular formula is C17H22N2O5. The Labute approximate surface area is 140 Å². The summed E-state index contributed by atoms with van der Waals surface area (Å²) in [7, 11) is 1.51. The summed E-state index contributed by atoms with van der Waals surface area (Å²) in [6.45, 7) is 2.65. The largest absolute Gasteiger partial charge is 0.497 e. The minimum atomic E-state index is -0.843. The molecule has 2 rings (SSSR count). The van der Waals surface area contributed by atoms with Gasteiger partial charge in [0.05, 0.1) is 7.11 Å². The summed E-state index contributed by atoms with van der Waals surface area (Å²) < 4.78 is 10.1. The third kappa shape index (κ3) is 4.71. The number of esters is 1. The molecule has 1 atom stereocenters. The molecular weight excluding hydrogens is 312 g/mol. The summed E-state index contributed by atoms with van der Waals surface area (Å²) in [5.74, 6) is -0.703. The molecule has 0 radical (unpaired) electrons. The Kier molecular flexibility index (Phi) is 6.17. The predicted octanol–water partition coefficient (Wildman–Crippen LogP) is 0.979. The van der Waals surface area contributed by atoms with Gasteiger partial charge in [0.2, 0.25) is 0 Å². The fraction of sp³-hybridized carbons (Fsp3) is 0.471. The van der Waals surface area contributed by atoms with Crippen LogP contribution in [0.2, 0.25) is 0 Å². The van der Waals surface area contributed by atoms with E-state index in [9.17, 15) is 14.4 Å². The monoisotopic (exact) mass is 334 g/mol. The van der Waals surface area contributed by atoms with Gasteiger partial charge >= 0.3 is 5.97 Å². The van der Waals surface area contributed by atoms with Crippen LogP contribution in [0.3, 0.4) is 0 Å². The standard InChI is InChI=1S/C17H22N2O5/c1-12(17(22)19-8-3-4-9-19)24-15(20)11-18-16(21)13-6-5-7-14(10-13)23-2/h5-7,10,12H,3-4,8-9,11H2,1-2H3,(H,18,21)/t12-/m1/s1. The summed E-state index contributed by atoms with van der Waals surface area (Å²) >= 11 is 0. The van der Waals surface area contributed by atoms with Gasteiger partial charge in [0.25, 0.3) is 11.8 Å². The van der Waals surface area contributed by atoms with Crippen LogP contribution in [-0.2, 0) is 14.3 Å². The van der Waals surface area contributed by atoms with Gasteiger partial charge < -0.3 is 19.7 Å². The topological polar surface area (TPSA) is 84.9 Å². The number of carbonyl (C=O) groups excluding carboxylic acids is 3. The zero-order chi connectivity index (χ0) is 17.5. The van der Waals surface area contributed by atoms with Crippen LogP contribution < -0.4 is 10.1 Å². The number of hydrogen-bond donors (Lipinski definition) is 1. The molecule has 1 aromatic carbocycles. The van der Waals surface area contributed by atoms with E-state index < -0.39 is 18.0 Å². The van der Waals surface area contributed by atoms with E-state index >= 15 is 0 Å². The molecule has 7 nitrogen and oxygen atoms in total. The fourth-order valence-electron chi connectivity index (χ4n) is 2.50. The third-order valence-corrected chi connectivity index (χ3v) is 3.80. The van der Waals surface area contributed by atoms with E-state index in [1.54, 1.807) is 36.1 Å². The van der Waals surface area contributed by atoms with Gasteiger partial charge in [-0.15, -0.1) is 0 Å². The van der Waals surface area contributed by atoms with Gasteiger partial charge in [0, 0.05) is 18.7 Å². The number of methoxy groups -OCH3 is 1. The molecule has 1 saturated heterocycles. The number of amides is 2. The Morgan fingerprint density at radius 1 is 1.25 bits per heavy atom. The van der Waals surface area contributed by atoms with Crippen molar-refractivity contribution < 1.29 is 23.9 Å². The highest BCUT2D eigenvalue weighted by Gasteiger charge is 2.25. The number of benzene rings is 1. The van der Waals surface area contributed by atoms with Crippen molar-refractivity contribution in [1.29, 1.82) is 0 Å². The molecule has 0 unspecified atom stereocenters. The van der Waals surface area contributed by atoms with E-state index in [1.165, 1.54) is 7.11 Å². The van der Waals surface area contributed by atoms with E-state index in [-0.39, 0.29) is 12.5 Å². The van der Waals surface area contributed by atoms with Crippen molar-refractivity contribution in [3.63, 3.8) is 0 Å². The Hall–Kier alpha value is -2.57. The Balaban J connectivity index is 1.79. The van der Waals surface area contributed by atoms with Crippen molar-refractivity contribution >= 4 is 17.8 Å². The van der Waals surface area contributed by atoms with Gasteiger partial charge in [-0.2, -0.15) is 0 Å². The van der Waals surface area contributed by atoms with E-state index in [4.69, 9.17) is 9.47 Å². The maximum Gasteiger partial charge on any atom is 0.326 e. The lowest BCUT2D eigenvalue weighted by molar-refractivity contribution is -0.157. The van der Waals surface area contributed by atoms with Gasteiger partial charge in [0.1, 0.15) is 12.3 Å². The Morgan fingerprint density at radius 2 is 1.96 bits per heavy atom. The number of carbonyl (C=O) groups is 3. The molecule has 0 aliphatic carbocycles. The van der Waals surface area contributed by atoms with Gasteiger partial charge in [-0.1, -0.05) is 6.07 Å². The zero-order valence-electron chi connectivity index (χ0n) is 13.9. The van der Waals surface area contributed by atoms with E-state index in [2.05, 4.69) is 5.32 Å². The predicted molar refractivity (Wildman–Crippen MR) is 86.7 cm³/mol. The molecule has 1 fully saturated rings. The molecule has 0 bridgehead atoms. The van der Waals surface area contributed by atoms with E-state index in [0.29, 0.717) is 24.4 Å². The van der Waals surface area contributed by atoms with Crippen molar-refractivity contribution in [3.05, 3.63) is 29.8 Å². The van der Waals surface area contributed by atoms with Crippen LogP contribution in [-0.4, -0.2) is 55.5 Å². The van der Waals surface area contributed by atoms with Crippen LogP contribution in [0.4, 0.5) is 0 Å². The second-order valence-electron chi connectivity index (χ2n) is 5.58. The molecule has 0 aromatic heterocycles. The van der Waals surface area contributed by atoms with Gasteiger partial charge in [-0.05, 0) is 38.0 Å². The number of likely N-dealkylation sites (tertiary alicyclic amines) is 1. The summed E-state index contributed by atoms with van der Waals surface area (Å²) in [5, 5.41) is 2.47. The minimum absolute atomic E-state index is 0.194. The lowest BCUT2D eigenvalue weighted by Crippen LogP contribution is -2.40. The lowest BCUT2D eigenvalue weighted by Gasteiger charge is -2.20. The summed E-state index contributed by atoms with van der Waals surface area (Å²) in [6, 6.07) is 6.59. The second kappa shape index (κ2) is 8.33. The molecule has 1 aliphatic rings. The molecule has 1 N–H and O–H groups in total. The maximum absolute atomic E-state index is 12.1. The number of nitrogens with one attached hydrogen (secondary N) is 1. The number of ether oxygens (including phenoxy) is 2. The smallest absolute Gasteiger partial charge is 0.326 e. The van der Waals surface area contributed by atoms with Crippen LogP contribution in [0, 0.1) is 0 Å². The van der Waals surface area contributed by atoms with Gasteiger partial charge in [-0.25, -0.2) is 0 Å². The van der Waals surface area contributed by atoms with Crippen LogP contribution in [0.1, 0.15) is 30.1 Å². The van der Waals surface area contributed by atoms with Crippen molar-refractivity contribution in [3.8, 4) is 5.75 Å². The summed E-state index contributed by atoms with van der Waals surface area (Å²) in [4.78, 5) is 37.5. The molecule has 2 amide bonds. The molecule has 0 spiro atoms. The minimum Gasteiger partial charge on any atom is -0.497 e. The first-order chi connectivity index (χ1) is 11.5. The summed E-state index contributed by atoms with van der Waals surface area (Å²) in [5.41, 5.74) is 0.378. The van der Waals surface area contributed by atoms with Crippen molar-refractivity contribution in [2.75, 3.05) is 26.7 Å². The SMILES string of the molecule is COc1cccc(C(=O)NCC(=O)O[C@H](C)C(=O)N2CCCC2)c1. The van der Waals surface area contributed by atoms with Crippen molar-refractivity contribution in [2.45, 2.75) is 25.9 Å². The number of hydrogen-bond acceptors (Lipinski definition) is 5. The zero-order valence-corrected chi connectivity index (χ0v) is 13.9. The molecule has 7 heteroatoms. The highest BCUT2D eigenvalue weighted by molar-refractivity contribution is 5.96. The van der Waals surface area contributed by atoms with E-state index in [1.807, 2.05) is 0 Å². The van der Waals surface area contributed by atoms with Crippen molar-refractivity contribution in [1.82, 2.24) is 10.2 Å². The highest BCUT2D eigenvalue weighted by Crippen LogP contribution is 2.12. The van der Waals surface area contributed by atoms with Crippen LogP contribution in [0.25, 0.3) is 0 Å². The van der Waals surface area contributed by atoms with Gasteiger partial charge in [-0.3, -0.25) is 14.4 Å². The molecule has 1 aromatic rings. The molecule has 0 saturated carbocycles. The quantitative estimate of drug-likeness (QED) is 0.784. The Morgan fingerprint density at radius 3 is 2.62 bits per heavy atom. The van der Waals surface area contributed by atoms with Crippen LogP contribution in [0.5, 0.6) is 5.75 Å². The number of nitrogens with zero attached hydrogens (tertiary/aromatic N) is 1. The highest BCUT2D eigenvalue weighted by atomic mass is 16.5. The van der Waals surface area contributed by atoms with Crippen LogP contribution in [0.15, 0.2) is 24.3 Å². The lowest BCUT2D eigenvalue weighted by atomic mass is 10.2. The van der Waals surface area contributed by atoms with Crippen molar-refractivity contribution in [2.24, 2.45) is 0 Å². The molecule has 24 heavy (non-hydrogen) atoms. The summed E-state index contributed by atoms with van der Waals surface area (Å²) in [6.07, 6.45) is 1.11. The fourth-order valence-corrected chi connectivity index (χ4v) is 2.50. The Bertz CT molecular complexity index is 611. The average Bonchev–Trinajstić information content (AvgIpc) is 3.13. The molecule has 1 aliphatic heterocycles. The molecule has 130 valence electrons. The second-order valence-corrected chi connectivity index (χ2v) is 5.58. The van der Waals surface area contributed by atoms with Crippen LogP contribution >= 0.6 is 0 Å².